The van der Waals surface area contributed by atoms with Gasteiger partial charge in [0.25, 0.3) is 11.8 Å². The Labute approximate surface area is 143 Å². The number of rotatable bonds is 5. The van der Waals surface area contributed by atoms with Crippen LogP contribution in [-0.2, 0) is 0 Å². The maximum absolute atomic E-state index is 12.3. The van der Waals surface area contributed by atoms with Gasteiger partial charge in [0, 0.05) is 22.8 Å². The van der Waals surface area contributed by atoms with Crippen LogP contribution in [0.5, 0.6) is 0 Å². The number of aryl methyl sites for hydroxylation is 1. The summed E-state index contributed by atoms with van der Waals surface area (Å²) >= 11 is 3.42. The van der Waals surface area contributed by atoms with Gasteiger partial charge in [-0.2, -0.15) is 0 Å². The number of pyridine rings is 1. The van der Waals surface area contributed by atoms with Crippen LogP contribution >= 0.6 is 15.9 Å². The molecule has 0 spiro atoms. The number of carbonyl (C=O) groups is 2. The molecule has 2 amide bonds. The molecule has 1 aromatic carbocycles. The van der Waals surface area contributed by atoms with E-state index in [0.29, 0.717) is 17.8 Å². The van der Waals surface area contributed by atoms with E-state index in [1.165, 1.54) is 12.3 Å². The molecule has 0 saturated heterocycles. The average molecular weight is 376 g/mol. The topological polar surface area (TPSA) is 71.1 Å². The number of benzene rings is 1. The van der Waals surface area contributed by atoms with E-state index in [0.717, 1.165) is 16.5 Å². The molecule has 2 N–H and O–H groups in total. The summed E-state index contributed by atoms with van der Waals surface area (Å²) in [6.07, 6.45) is 2.30. The fourth-order valence-corrected chi connectivity index (χ4v) is 2.53. The van der Waals surface area contributed by atoms with Gasteiger partial charge in [-0.15, -0.1) is 0 Å². The molecule has 1 aromatic heterocycles. The molecular formula is C17H18BrN3O2. The summed E-state index contributed by atoms with van der Waals surface area (Å²) in [6, 6.07) is 8.73. The minimum atomic E-state index is -0.290. The lowest BCUT2D eigenvalue weighted by molar-refractivity contribution is 0.0948. The van der Waals surface area contributed by atoms with Crippen molar-refractivity contribution in [1.82, 2.24) is 10.3 Å². The summed E-state index contributed by atoms with van der Waals surface area (Å²) in [5.41, 5.74) is 2.38. The zero-order valence-electron chi connectivity index (χ0n) is 13.0. The molecule has 5 nitrogen and oxygen atoms in total. The summed E-state index contributed by atoms with van der Waals surface area (Å²) in [5.74, 6) is -0.570. The molecule has 0 atom stereocenters. The van der Waals surface area contributed by atoms with Crippen LogP contribution < -0.4 is 10.6 Å². The average Bonchev–Trinajstić information content (AvgIpc) is 2.55. The quantitative estimate of drug-likeness (QED) is 0.839. The van der Waals surface area contributed by atoms with Gasteiger partial charge in [0.1, 0.15) is 5.69 Å². The van der Waals surface area contributed by atoms with Gasteiger partial charge in [0.05, 0.1) is 5.69 Å². The van der Waals surface area contributed by atoms with Crippen LogP contribution in [0.15, 0.2) is 41.0 Å². The fourth-order valence-electron chi connectivity index (χ4n) is 1.94. The van der Waals surface area contributed by atoms with Crippen LogP contribution in [0.4, 0.5) is 5.69 Å². The Hall–Kier alpha value is -2.21. The number of hydrogen-bond donors (Lipinski definition) is 2. The summed E-state index contributed by atoms with van der Waals surface area (Å²) in [6.45, 7) is 4.52. The first-order valence-corrected chi connectivity index (χ1v) is 8.12. The van der Waals surface area contributed by atoms with E-state index in [-0.39, 0.29) is 17.5 Å². The van der Waals surface area contributed by atoms with Crippen LogP contribution in [0.2, 0.25) is 0 Å². The standard InChI is InChI=1S/C17H18BrN3O2/c1-3-7-20-17(23)15-10-12(6-8-19-15)16(22)21-14-5-4-11(2)9-13(14)18/h4-6,8-10H,3,7H2,1-2H3,(H,20,23)(H,21,22). The smallest absolute Gasteiger partial charge is 0.269 e. The van der Waals surface area contributed by atoms with Gasteiger partial charge in [0.2, 0.25) is 0 Å². The van der Waals surface area contributed by atoms with Gasteiger partial charge in [-0.05, 0) is 59.1 Å². The van der Waals surface area contributed by atoms with E-state index in [4.69, 9.17) is 0 Å². The van der Waals surface area contributed by atoms with Crippen LogP contribution in [0.1, 0.15) is 39.8 Å². The van der Waals surface area contributed by atoms with Crippen molar-refractivity contribution in [1.29, 1.82) is 0 Å². The maximum atomic E-state index is 12.3. The van der Waals surface area contributed by atoms with Crippen molar-refractivity contribution in [3.63, 3.8) is 0 Å². The van der Waals surface area contributed by atoms with Crippen LogP contribution in [0, 0.1) is 6.92 Å². The van der Waals surface area contributed by atoms with E-state index < -0.39 is 0 Å². The lowest BCUT2D eigenvalue weighted by Gasteiger charge is -2.09. The van der Waals surface area contributed by atoms with E-state index in [1.54, 1.807) is 6.07 Å². The SMILES string of the molecule is CCCNC(=O)c1cc(C(=O)Nc2ccc(C)cc2Br)ccn1. The Morgan fingerprint density at radius 2 is 1.96 bits per heavy atom. The second-order valence-electron chi connectivity index (χ2n) is 5.12. The molecule has 0 aliphatic rings. The Balaban J connectivity index is 2.15. The third-order valence-electron chi connectivity index (χ3n) is 3.16. The molecule has 0 fully saturated rings. The molecule has 0 saturated carbocycles. The predicted molar refractivity (Wildman–Crippen MR) is 93.7 cm³/mol. The molecule has 1 heterocycles. The Bertz CT molecular complexity index is 732. The Kier molecular flexibility index (Phi) is 5.87. The number of amides is 2. The van der Waals surface area contributed by atoms with Crippen molar-refractivity contribution < 1.29 is 9.59 Å². The van der Waals surface area contributed by atoms with Gasteiger partial charge in [-0.3, -0.25) is 14.6 Å². The normalized spacial score (nSPS) is 10.2. The number of nitrogens with zero attached hydrogens (tertiary/aromatic N) is 1. The molecule has 0 radical (unpaired) electrons. The lowest BCUT2D eigenvalue weighted by atomic mass is 10.2. The lowest BCUT2D eigenvalue weighted by Crippen LogP contribution is -2.25. The first-order chi connectivity index (χ1) is 11.0. The van der Waals surface area contributed by atoms with Crippen LogP contribution in [0.25, 0.3) is 0 Å². The van der Waals surface area contributed by atoms with E-state index >= 15 is 0 Å². The number of aromatic nitrogens is 1. The van der Waals surface area contributed by atoms with Crippen LogP contribution in [-0.4, -0.2) is 23.3 Å². The van der Waals surface area contributed by atoms with E-state index in [2.05, 4.69) is 31.5 Å². The van der Waals surface area contributed by atoms with Crippen molar-refractivity contribution in [2.75, 3.05) is 11.9 Å². The Morgan fingerprint density at radius 1 is 1.17 bits per heavy atom. The highest BCUT2D eigenvalue weighted by atomic mass is 79.9. The molecule has 0 unspecified atom stereocenters. The van der Waals surface area contributed by atoms with Gasteiger partial charge < -0.3 is 10.6 Å². The first kappa shape index (κ1) is 17.1. The molecule has 120 valence electrons. The molecule has 0 aliphatic carbocycles. The summed E-state index contributed by atoms with van der Waals surface area (Å²) in [5, 5.41) is 5.56. The van der Waals surface area contributed by atoms with Crippen molar-refractivity contribution in [2.45, 2.75) is 20.3 Å². The molecule has 2 aromatic rings. The molecule has 23 heavy (non-hydrogen) atoms. The molecular weight excluding hydrogens is 358 g/mol. The number of nitrogens with one attached hydrogen (secondary N) is 2. The van der Waals surface area contributed by atoms with Crippen molar-refractivity contribution in [2.24, 2.45) is 0 Å². The molecule has 0 bridgehead atoms. The minimum Gasteiger partial charge on any atom is -0.351 e. The third-order valence-corrected chi connectivity index (χ3v) is 3.82. The first-order valence-electron chi connectivity index (χ1n) is 7.33. The van der Waals surface area contributed by atoms with Crippen molar-refractivity contribution in [3.05, 3.63) is 57.8 Å². The van der Waals surface area contributed by atoms with E-state index in [1.807, 2.05) is 32.0 Å². The van der Waals surface area contributed by atoms with Gasteiger partial charge >= 0.3 is 0 Å². The highest BCUT2D eigenvalue weighted by molar-refractivity contribution is 9.10. The van der Waals surface area contributed by atoms with E-state index in [9.17, 15) is 9.59 Å². The monoisotopic (exact) mass is 375 g/mol. The van der Waals surface area contributed by atoms with Gasteiger partial charge in [-0.25, -0.2) is 0 Å². The predicted octanol–water partition coefficient (Wildman–Crippen LogP) is 3.54. The highest BCUT2D eigenvalue weighted by Gasteiger charge is 2.12. The second kappa shape index (κ2) is 7.87. The maximum Gasteiger partial charge on any atom is 0.269 e. The largest absolute Gasteiger partial charge is 0.351 e. The zero-order chi connectivity index (χ0) is 16.8. The van der Waals surface area contributed by atoms with Gasteiger partial charge in [0.15, 0.2) is 0 Å². The fraction of sp³-hybridized carbons (Fsp3) is 0.235. The molecule has 0 aliphatic heterocycles. The summed E-state index contributed by atoms with van der Waals surface area (Å²) in [4.78, 5) is 28.3. The Morgan fingerprint density at radius 3 is 2.65 bits per heavy atom. The van der Waals surface area contributed by atoms with Crippen molar-refractivity contribution >= 4 is 33.4 Å². The molecule has 2 rings (SSSR count). The minimum absolute atomic E-state index is 0.231. The highest BCUT2D eigenvalue weighted by Crippen LogP contribution is 2.23. The third kappa shape index (κ3) is 4.63. The summed E-state index contributed by atoms with van der Waals surface area (Å²) < 4.78 is 0.806. The van der Waals surface area contributed by atoms with Gasteiger partial charge in [-0.1, -0.05) is 13.0 Å². The van der Waals surface area contributed by atoms with Crippen LogP contribution in [0.3, 0.4) is 0 Å². The zero-order valence-corrected chi connectivity index (χ0v) is 14.6. The number of carbonyl (C=O) groups excluding carboxylic acids is 2. The molecule has 6 heteroatoms. The van der Waals surface area contributed by atoms with Crippen molar-refractivity contribution in [3.8, 4) is 0 Å². The number of hydrogen-bond acceptors (Lipinski definition) is 3. The summed E-state index contributed by atoms with van der Waals surface area (Å²) in [7, 11) is 0. The second-order valence-corrected chi connectivity index (χ2v) is 5.98. The number of halogens is 1. The number of anilines is 1.